The maximum Gasteiger partial charge on any atom is 0.258 e. The minimum Gasteiger partial charge on any atom is -0.484 e. The predicted octanol–water partition coefficient (Wildman–Crippen LogP) is 3.90. The maximum absolute atomic E-state index is 11.8. The molecule has 0 aliphatic heterocycles. The molecule has 1 amide bonds. The van der Waals surface area contributed by atoms with Crippen molar-refractivity contribution in [2.45, 2.75) is 25.8 Å². The molecule has 0 aromatic heterocycles. The van der Waals surface area contributed by atoms with E-state index in [1.54, 1.807) is 0 Å². The number of hydrogen-bond acceptors (Lipinski definition) is 2. The number of fused-ring (bicyclic) bond motifs is 1. The molecule has 1 atom stereocenters. The highest BCUT2D eigenvalue weighted by Crippen LogP contribution is 2.32. The third-order valence-corrected chi connectivity index (χ3v) is 4.35. The Labute approximate surface area is 132 Å². The van der Waals surface area contributed by atoms with Crippen LogP contribution in [-0.4, -0.2) is 18.6 Å². The van der Waals surface area contributed by atoms with Gasteiger partial charge in [-0.15, -0.1) is 0 Å². The highest BCUT2D eigenvalue weighted by Gasteiger charge is 2.28. The standard InChI is InChI=1S/C17H18BrNO2/c1-11(12-2-3-12)19-17(20)10-21-16-7-5-13-8-15(18)6-4-14(13)9-16/h4-9,11-12H,2-3,10H2,1H3,(H,19,20)/t11-/m1/s1. The van der Waals surface area contributed by atoms with Crippen LogP contribution in [0.1, 0.15) is 19.8 Å². The van der Waals surface area contributed by atoms with E-state index in [1.165, 1.54) is 12.8 Å². The average Bonchev–Trinajstić information content (AvgIpc) is 3.29. The topological polar surface area (TPSA) is 38.3 Å². The van der Waals surface area contributed by atoms with Gasteiger partial charge in [-0.2, -0.15) is 0 Å². The zero-order valence-electron chi connectivity index (χ0n) is 11.9. The third kappa shape index (κ3) is 3.76. The largest absolute Gasteiger partial charge is 0.484 e. The molecule has 3 nitrogen and oxygen atoms in total. The summed E-state index contributed by atoms with van der Waals surface area (Å²) in [5, 5.41) is 5.23. The molecule has 4 heteroatoms. The summed E-state index contributed by atoms with van der Waals surface area (Å²) in [6, 6.07) is 12.2. The Hall–Kier alpha value is -1.55. The molecule has 110 valence electrons. The number of nitrogens with one attached hydrogen (secondary N) is 1. The molecule has 1 N–H and O–H groups in total. The first-order valence-corrected chi connectivity index (χ1v) is 8.02. The van der Waals surface area contributed by atoms with Crippen molar-refractivity contribution in [1.29, 1.82) is 0 Å². The second-order valence-corrected chi connectivity index (χ2v) is 6.55. The van der Waals surface area contributed by atoms with Gasteiger partial charge in [-0.25, -0.2) is 0 Å². The Kier molecular flexibility index (Phi) is 4.15. The van der Waals surface area contributed by atoms with Crippen molar-refractivity contribution in [3.8, 4) is 5.75 Å². The van der Waals surface area contributed by atoms with Crippen molar-refractivity contribution in [1.82, 2.24) is 5.32 Å². The lowest BCUT2D eigenvalue weighted by Gasteiger charge is -2.13. The lowest BCUT2D eigenvalue weighted by Crippen LogP contribution is -2.37. The van der Waals surface area contributed by atoms with E-state index in [-0.39, 0.29) is 18.6 Å². The van der Waals surface area contributed by atoms with Gasteiger partial charge in [0.15, 0.2) is 6.61 Å². The van der Waals surface area contributed by atoms with E-state index in [9.17, 15) is 4.79 Å². The Morgan fingerprint density at radius 3 is 2.76 bits per heavy atom. The molecule has 0 bridgehead atoms. The van der Waals surface area contributed by atoms with Crippen molar-refractivity contribution in [2.75, 3.05) is 6.61 Å². The second kappa shape index (κ2) is 6.06. The van der Waals surface area contributed by atoms with E-state index in [1.807, 2.05) is 30.3 Å². The van der Waals surface area contributed by atoms with Crippen LogP contribution in [-0.2, 0) is 4.79 Å². The van der Waals surface area contributed by atoms with Gasteiger partial charge in [-0.05, 0) is 60.7 Å². The fourth-order valence-electron chi connectivity index (χ4n) is 2.44. The molecule has 21 heavy (non-hydrogen) atoms. The molecule has 1 saturated carbocycles. The summed E-state index contributed by atoms with van der Waals surface area (Å²) in [5.41, 5.74) is 0. The highest BCUT2D eigenvalue weighted by atomic mass is 79.9. The molecule has 0 heterocycles. The zero-order valence-corrected chi connectivity index (χ0v) is 13.5. The first-order valence-electron chi connectivity index (χ1n) is 7.23. The van der Waals surface area contributed by atoms with Gasteiger partial charge in [-0.3, -0.25) is 4.79 Å². The molecule has 0 saturated heterocycles. The third-order valence-electron chi connectivity index (χ3n) is 3.86. The second-order valence-electron chi connectivity index (χ2n) is 5.64. The van der Waals surface area contributed by atoms with Crippen LogP contribution in [0.15, 0.2) is 40.9 Å². The SMILES string of the molecule is C[C@@H](NC(=O)COc1ccc2cc(Br)ccc2c1)C1CC1. The van der Waals surface area contributed by atoms with Crippen molar-refractivity contribution < 1.29 is 9.53 Å². The van der Waals surface area contributed by atoms with E-state index in [4.69, 9.17) is 4.74 Å². The first kappa shape index (κ1) is 14.4. The van der Waals surface area contributed by atoms with Crippen molar-refractivity contribution in [3.05, 3.63) is 40.9 Å². The van der Waals surface area contributed by atoms with Gasteiger partial charge >= 0.3 is 0 Å². The number of amides is 1. The number of halogens is 1. The summed E-state index contributed by atoms with van der Waals surface area (Å²) in [7, 11) is 0. The van der Waals surface area contributed by atoms with E-state index >= 15 is 0 Å². The molecule has 0 unspecified atom stereocenters. The van der Waals surface area contributed by atoms with E-state index < -0.39 is 0 Å². The summed E-state index contributed by atoms with van der Waals surface area (Å²) in [6.07, 6.45) is 2.45. The van der Waals surface area contributed by atoms with Gasteiger partial charge in [0.05, 0.1) is 0 Å². The summed E-state index contributed by atoms with van der Waals surface area (Å²) < 4.78 is 6.64. The van der Waals surface area contributed by atoms with Crippen LogP contribution in [0.25, 0.3) is 10.8 Å². The molecule has 1 aliphatic carbocycles. The first-order chi connectivity index (χ1) is 10.1. The molecule has 1 fully saturated rings. The molecule has 0 spiro atoms. The van der Waals surface area contributed by atoms with Crippen LogP contribution in [0.3, 0.4) is 0 Å². The van der Waals surface area contributed by atoms with Crippen molar-refractivity contribution in [2.24, 2.45) is 5.92 Å². The van der Waals surface area contributed by atoms with E-state index in [0.717, 1.165) is 21.0 Å². The Bertz CT molecular complexity index is 667. The average molecular weight is 348 g/mol. The van der Waals surface area contributed by atoms with Crippen molar-refractivity contribution >= 4 is 32.6 Å². The molecular weight excluding hydrogens is 330 g/mol. The van der Waals surface area contributed by atoms with Crippen LogP contribution in [0.4, 0.5) is 0 Å². The monoisotopic (exact) mass is 347 g/mol. The van der Waals surface area contributed by atoms with Crippen LogP contribution in [0.5, 0.6) is 5.75 Å². The van der Waals surface area contributed by atoms with Crippen LogP contribution >= 0.6 is 15.9 Å². The van der Waals surface area contributed by atoms with Crippen LogP contribution in [0, 0.1) is 5.92 Å². The lowest BCUT2D eigenvalue weighted by atomic mass is 10.1. The van der Waals surface area contributed by atoms with E-state index in [0.29, 0.717) is 5.92 Å². The van der Waals surface area contributed by atoms with Crippen LogP contribution in [0.2, 0.25) is 0 Å². The number of carbonyl (C=O) groups excluding carboxylic acids is 1. The lowest BCUT2D eigenvalue weighted by molar-refractivity contribution is -0.123. The normalized spacial score (nSPS) is 15.7. The number of ether oxygens (including phenoxy) is 1. The molecule has 2 aromatic rings. The molecule has 1 aliphatic rings. The van der Waals surface area contributed by atoms with Gasteiger partial charge < -0.3 is 10.1 Å². The zero-order chi connectivity index (χ0) is 14.8. The van der Waals surface area contributed by atoms with E-state index in [2.05, 4.69) is 34.2 Å². The maximum atomic E-state index is 11.8. The summed E-state index contributed by atoms with van der Waals surface area (Å²) >= 11 is 3.46. The minimum absolute atomic E-state index is 0.0506. The summed E-state index contributed by atoms with van der Waals surface area (Å²) in [4.78, 5) is 11.8. The minimum atomic E-state index is -0.0506. The number of carbonyl (C=O) groups is 1. The fourth-order valence-corrected chi connectivity index (χ4v) is 2.82. The van der Waals surface area contributed by atoms with Gasteiger partial charge in [-0.1, -0.05) is 28.1 Å². The number of hydrogen-bond donors (Lipinski definition) is 1. The molecular formula is C17H18BrNO2. The molecule has 3 rings (SSSR count). The smallest absolute Gasteiger partial charge is 0.258 e. The Morgan fingerprint density at radius 1 is 1.29 bits per heavy atom. The fraction of sp³-hybridized carbons (Fsp3) is 0.353. The van der Waals surface area contributed by atoms with Crippen LogP contribution < -0.4 is 10.1 Å². The summed E-state index contributed by atoms with van der Waals surface area (Å²) in [5.74, 6) is 1.33. The Balaban J connectivity index is 1.59. The van der Waals surface area contributed by atoms with Crippen molar-refractivity contribution in [3.63, 3.8) is 0 Å². The number of benzene rings is 2. The molecule has 0 radical (unpaired) electrons. The number of rotatable bonds is 5. The molecule has 2 aromatic carbocycles. The predicted molar refractivity (Wildman–Crippen MR) is 87.5 cm³/mol. The summed E-state index contributed by atoms with van der Waals surface area (Å²) in [6.45, 7) is 2.13. The quantitative estimate of drug-likeness (QED) is 0.890. The Morgan fingerprint density at radius 2 is 2.00 bits per heavy atom. The van der Waals surface area contributed by atoms with Gasteiger partial charge in [0, 0.05) is 10.5 Å². The van der Waals surface area contributed by atoms with Gasteiger partial charge in [0.2, 0.25) is 0 Å². The van der Waals surface area contributed by atoms with Gasteiger partial charge in [0.25, 0.3) is 5.91 Å². The van der Waals surface area contributed by atoms with Gasteiger partial charge in [0.1, 0.15) is 5.75 Å². The highest BCUT2D eigenvalue weighted by molar-refractivity contribution is 9.10.